The van der Waals surface area contributed by atoms with Crippen molar-refractivity contribution in [3.8, 4) is 0 Å². The van der Waals surface area contributed by atoms with Crippen LogP contribution in [0.5, 0.6) is 0 Å². The molecular weight excluding hydrogens is 250 g/mol. The highest BCUT2D eigenvalue weighted by molar-refractivity contribution is 7.99. The highest BCUT2D eigenvalue weighted by Gasteiger charge is 2.42. The van der Waals surface area contributed by atoms with E-state index in [-0.39, 0.29) is 5.91 Å². The summed E-state index contributed by atoms with van der Waals surface area (Å²) in [5.74, 6) is 0.918. The average molecular weight is 273 g/mol. The van der Waals surface area contributed by atoms with Gasteiger partial charge in [-0.25, -0.2) is 4.79 Å². The summed E-state index contributed by atoms with van der Waals surface area (Å²) < 4.78 is 0. The number of carbonyl (C=O) groups is 2. The number of thioether (sulfide) groups is 1. The van der Waals surface area contributed by atoms with Crippen LogP contribution in [0.15, 0.2) is 0 Å². The summed E-state index contributed by atoms with van der Waals surface area (Å²) in [5, 5.41) is 12.0. The van der Waals surface area contributed by atoms with Crippen LogP contribution in [0.25, 0.3) is 0 Å². The Morgan fingerprint density at radius 3 is 2.44 bits per heavy atom. The van der Waals surface area contributed by atoms with E-state index in [4.69, 9.17) is 0 Å². The summed E-state index contributed by atoms with van der Waals surface area (Å²) in [6.07, 6.45) is 3.97. The highest BCUT2D eigenvalue weighted by atomic mass is 32.2. The monoisotopic (exact) mass is 273 g/mol. The second-order valence-electron chi connectivity index (χ2n) is 5.38. The molecule has 104 valence electrons. The Balaban J connectivity index is 2.32. The molecule has 1 aliphatic carbocycles. The van der Waals surface area contributed by atoms with E-state index in [1.807, 2.05) is 0 Å². The molecule has 0 aromatic rings. The fourth-order valence-electron chi connectivity index (χ4n) is 2.16. The molecule has 0 unspecified atom stereocenters. The quantitative estimate of drug-likeness (QED) is 0.698. The van der Waals surface area contributed by atoms with Gasteiger partial charge in [-0.2, -0.15) is 11.8 Å². The van der Waals surface area contributed by atoms with Gasteiger partial charge in [0.25, 0.3) is 0 Å². The molecule has 0 atom stereocenters. The van der Waals surface area contributed by atoms with Crippen molar-refractivity contribution in [1.29, 1.82) is 0 Å². The number of amides is 1. The van der Waals surface area contributed by atoms with E-state index in [9.17, 15) is 14.7 Å². The molecule has 0 heterocycles. The zero-order valence-electron chi connectivity index (χ0n) is 11.2. The van der Waals surface area contributed by atoms with Gasteiger partial charge in [-0.3, -0.25) is 4.79 Å². The topological polar surface area (TPSA) is 66.4 Å². The second-order valence-corrected chi connectivity index (χ2v) is 6.48. The molecule has 0 bridgehead atoms. The minimum absolute atomic E-state index is 0.145. The Labute approximate surface area is 113 Å². The lowest BCUT2D eigenvalue weighted by Crippen LogP contribution is -2.53. The Kier molecular flexibility index (Phi) is 5.99. The minimum atomic E-state index is -0.990. The van der Waals surface area contributed by atoms with Crippen molar-refractivity contribution in [2.24, 2.45) is 5.92 Å². The van der Waals surface area contributed by atoms with Crippen LogP contribution in [0, 0.1) is 5.92 Å². The first-order valence-electron chi connectivity index (χ1n) is 6.58. The van der Waals surface area contributed by atoms with Gasteiger partial charge in [-0.05, 0) is 30.9 Å². The smallest absolute Gasteiger partial charge is 0.329 e. The van der Waals surface area contributed by atoms with E-state index in [0.29, 0.717) is 24.5 Å². The Morgan fingerprint density at radius 2 is 1.94 bits per heavy atom. The number of carbonyl (C=O) groups excluding carboxylic acids is 1. The van der Waals surface area contributed by atoms with Gasteiger partial charge < -0.3 is 10.4 Å². The van der Waals surface area contributed by atoms with Crippen LogP contribution >= 0.6 is 11.8 Å². The summed E-state index contributed by atoms with van der Waals surface area (Å²) >= 11 is 1.58. The van der Waals surface area contributed by atoms with Crippen molar-refractivity contribution in [2.75, 3.05) is 11.5 Å². The zero-order valence-corrected chi connectivity index (χ0v) is 12.0. The van der Waals surface area contributed by atoms with E-state index in [0.717, 1.165) is 25.0 Å². The van der Waals surface area contributed by atoms with Gasteiger partial charge in [-0.15, -0.1) is 0 Å². The van der Waals surface area contributed by atoms with Crippen molar-refractivity contribution in [2.45, 2.75) is 51.5 Å². The molecule has 18 heavy (non-hydrogen) atoms. The first kappa shape index (κ1) is 15.3. The summed E-state index contributed by atoms with van der Waals surface area (Å²) in [5.41, 5.74) is -0.990. The average Bonchev–Trinajstić information content (AvgIpc) is 2.74. The van der Waals surface area contributed by atoms with Crippen molar-refractivity contribution in [3.63, 3.8) is 0 Å². The molecule has 0 radical (unpaired) electrons. The normalized spacial score (nSPS) is 17.9. The lowest BCUT2D eigenvalue weighted by atomic mass is 9.98. The Morgan fingerprint density at radius 1 is 1.33 bits per heavy atom. The maximum atomic E-state index is 11.8. The number of nitrogens with one attached hydrogen (secondary N) is 1. The minimum Gasteiger partial charge on any atom is -0.480 e. The molecule has 2 N–H and O–H groups in total. The molecule has 0 saturated heterocycles. The molecule has 0 aromatic heterocycles. The van der Waals surface area contributed by atoms with Gasteiger partial charge in [0.2, 0.25) is 5.91 Å². The molecule has 1 amide bonds. The van der Waals surface area contributed by atoms with Gasteiger partial charge >= 0.3 is 5.97 Å². The molecule has 1 aliphatic rings. The number of rotatable bonds is 7. The second kappa shape index (κ2) is 7.02. The fourth-order valence-corrected chi connectivity index (χ4v) is 3.20. The molecule has 1 rings (SSSR count). The molecule has 1 saturated carbocycles. The van der Waals surface area contributed by atoms with E-state index >= 15 is 0 Å². The third kappa shape index (κ3) is 4.52. The molecule has 0 aromatic carbocycles. The van der Waals surface area contributed by atoms with Crippen molar-refractivity contribution in [3.05, 3.63) is 0 Å². The van der Waals surface area contributed by atoms with Gasteiger partial charge in [0.15, 0.2) is 0 Å². The van der Waals surface area contributed by atoms with E-state index in [2.05, 4.69) is 19.2 Å². The predicted molar refractivity (Wildman–Crippen MR) is 73.8 cm³/mol. The van der Waals surface area contributed by atoms with Crippen LogP contribution < -0.4 is 5.32 Å². The molecule has 0 spiro atoms. The number of hydrogen-bond donors (Lipinski definition) is 2. The third-order valence-electron chi connectivity index (χ3n) is 3.32. The summed E-state index contributed by atoms with van der Waals surface area (Å²) in [7, 11) is 0. The standard InChI is InChI=1S/C13H23NO3S/c1-10(2)5-8-18-9-11(15)14-13(12(16)17)6-3-4-7-13/h10H,3-9H2,1-2H3,(H,14,15)(H,16,17). The lowest BCUT2D eigenvalue weighted by Gasteiger charge is -2.25. The van der Waals surface area contributed by atoms with Crippen LogP contribution in [0.1, 0.15) is 46.0 Å². The van der Waals surface area contributed by atoms with Gasteiger partial charge in [-0.1, -0.05) is 26.7 Å². The van der Waals surface area contributed by atoms with Crippen molar-refractivity contribution in [1.82, 2.24) is 5.32 Å². The van der Waals surface area contributed by atoms with Gasteiger partial charge in [0.1, 0.15) is 5.54 Å². The number of aliphatic carboxylic acids is 1. The SMILES string of the molecule is CC(C)CCSCC(=O)NC1(C(=O)O)CCCC1. The highest BCUT2D eigenvalue weighted by Crippen LogP contribution is 2.30. The van der Waals surface area contributed by atoms with E-state index in [1.165, 1.54) is 0 Å². The number of carboxylic acids is 1. The molecule has 0 aliphatic heterocycles. The fraction of sp³-hybridized carbons (Fsp3) is 0.846. The number of hydrogen-bond acceptors (Lipinski definition) is 3. The van der Waals surface area contributed by atoms with Crippen LogP contribution in [0.3, 0.4) is 0 Å². The summed E-state index contributed by atoms with van der Waals surface area (Å²) in [4.78, 5) is 23.0. The molecule has 5 heteroatoms. The number of carboxylic acid groups (broad SMARTS) is 1. The largest absolute Gasteiger partial charge is 0.480 e. The van der Waals surface area contributed by atoms with E-state index in [1.54, 1.807) is 11.8 Å². The molecular formula is C13H23NO3S. The summed E-state index contributed by atoms with van der Waals surface area (Å²) in [6, 6.07) is 0. The lowest BCUT2D eigenvalue weighted by molar-refractivity contribution is -0.147. The van der Waals surface area contributed by atoms with Crippen molar-refractivity contribution < 1.29 is 14.7 Å². The predicted octanol–water partition coefficient (Wildman–Crippen LogP) is 2.28. The van der Waals surface area contributed by atoms with Crippen LogP contribution in [-0.2, 0) is 9.59 Å². The first-order valence-corrected chi connectivity index (χ1v) is 7.74. The molecule has 1 fully saturated rings. The Hall–Kier alpha value is -0.710. The van der Waals surface area contributed by atoms with Crippen LogP contribution in [0.2, 0.25) is 0 Å². The maximum absolute atomic E-state index is 11.8. The maximum Gasteiger partial charge on any atom is 0.329 e. The van der Waals surface area contributed by atoms with E-state index < -0.39 is 11.5 Å². The van der Waals surface area contributed by atoms with Gasteiger partial charge in [0, 0.05) is 0 Å². The van der Waals surface area contributed by atoms with Gasteiger partial charge in [0.05, 0.1) is 5.75 Å². The zero-order chi connectivity index (χ0) is 13.6. The van der Waals surface area contributed by atoms with Crippen LogP contribution in [0.4, 0.5) is 0 Å². The Bertz CT molecular complexity index is 299. The first-order chi connectivity index (χ1) is 8.46. The van der Waals surface area contributed by atoms with Crippen LogP contribution in [-0.4, -0.2) is 34.0 Å². The molecule has 4 nitrogen and oxygen atoms in total. The van der Waals surface area contributed by atoms with Crippen molar-refractivity contribution >= 4 is 23.6 Å². The summed E-state index contributed by atoms with van der Waals surface area (Å²) in [6.45, 7) is 4.30. The third-order valence-corrected chi connectivity index (χ3v) is 4.31.